The van der Waals surface area contributed by atoms with Crippen LogP contribution in [0.4, 0.5) is 18.0 Å². The van der Waals surface area contributed by atoms with E-state index in [1.165, 1.54) is 12.1 Å². The number of carbonyl (C=O) groups excluding carboxylic acids is 2. The number of urea groups is 1. The second kappa shape index (κ2) is 8.60. The fourth-order valence-corrected chi connectivity index (χ4v) is 3.61. The molecule has 0 saturated heterocycles. The normalized spacial score (nSPS) is 17.0. The molecule has 0 radical (unpaired) electrons. The van der Waals surface area contributed by atoms with Gasteiger partial charge in [0.1, 0.15) is 0 Å². The van der Waals surface area contributed by atoms with Crippen molar-refractivity contribution in [1.29, 1.82) is 0 Å². The highest BCUT2D eigenvalue weighted by Crippen LogP contribution is 2.33. The molecule has 8 heteroatoms. The zero-order chi connectivity index (χ0) is 18.4. The molecule has 1 saturated carbocycles. The summed E-state index contributed by atoms with van der Waals surface area (Å²) in [5.74, 6) is -0.532. The van der Waals surface area contributed by atoms with Gasteiger partial charge in [-0.2, -0.15) is 13.2 Å². The standard InChI is InChI=1S/C17H21F3N2O2S/c1-11(25-14-9-5-6-12(10-14)17(18,19)20)15(23)22-16(24)21-13-7-3-2-4-8-13/h5-6,9-11,13H,2-4,7-8H2,1H3,(H2,21,22,23,24)/t11-/m0/s1. The summed E-state index contributed by atoms with van der Waals surface area (Å²) in [6, 6.07) is 4.31. The van der Waals surface area contributed by atoms with Gasteiger partial charge in [0.15, 0.2) is 0 Å². The number of thioether (sulfide) groups is 1. The molecule has 4 nitrogen and oxygen atoms in total. The van der Waals surface area contributed by atoms with Gasteiger partial charge >= 0.3 is 12.2 Å². The number of alkyl halides is 3. The Labute approximate surface area is 148 Å². The molecule has 1 aliphatic carbocycles. The highest BCUT2D eigenvalue weighted by molar-refractivity contribution is 8.00. The van der Waals surface area contributed by atoms with E-state index < -0.39 is 28.9 Å². The third-order valence-corrected chi connectivity index (χ3v) is 5.11. The predicted molar refractivity (Wildman–Crippen MR) is 90.3 cm³/mol. The van der Waals surface area contributed by atoms with E-state index in [0.29, 0.717) is 4.90 Å². The van der Waals surface area contributed by atoms with Gasteiger partial charge in [-0.1, -0.05) is 25.3 Å². The van der Waals surface area contributed by atoms with E-state index in [0.717, 1.165) is 56.0 Å². The zero-order valence-electron chi connectivity index (χ0n) is 13.9. The Bertz CT molecular complexity index is 616. The van der Waals surface area contributed by atoms with Gasteiger partial charge < -0.3 is 5.32 Å². The van der Waals surface area contributed by atoms with Crippen LogP contribution in [0.2, 0.25) is 0 Å². The van der Waals surface area contributed by atoms with Gasteiger partial charge in [-0.05, 0) is 38.0 Å². The SMILES string of the molecule is C[C@H](Sc1cccc(C(F)(F)F)c1)C(=O)NC(=O)NC1CCCCC1. The van der Waals surface area contributed by atoms with E-state index in [1.54, 1.807) is 6.92 Å². The molecule has 0 heterocycles. The van der Waals surface area contributed by atoms with Crippen LogP contribution in [-0.2, 0) is 11.0 Å². The van der Waals surface area contributed by atoms with E-state index in [1.807, 2.05) is 0 Å². The summed E-state index contributed by atoms with van der Waals surface area (Å²) in [5, 5.41) is 4.33. The van der Waals surface area contributed by atoms with Crippen LogP contribution in [-0.4, -0.2) is 23.2 Å². The van der Waals surface area contributed by atoms with Crippen LogP contribution in [0.25, 0.3) is 0 Å². The second-order valence-corrected chi connectivity index (χ2v) is 7.50. The Morgan fingerprint density at radius 3 is 2.52 bits per heavy atom. The Morgan fingerprint density at radius 1 is 1.20 bits per heavy atom. The van der Waals surface area contributed by atoms with Crippen LogP contribution in [0.3, 0.4) is 0 Å². The van der Waals surface area contributed by atoms with Crippen molar-refractivity contribution in [3.63, 3.8) is 0 Å². The van der Waals surface area contributed by atoms with Gasteiger partial charge in [0, 0.05) is 10.9 Å². The quantitative estimate of drug-likeness (QED) is 0.771. The zero-order valence-corrected chi connectivity index (χ0v) is 14.7. The van der Waals surface area contributed by atoms with Crippen molar-refractivity contribution in [2.75, 3.05) is 0 Å². The predicted octanol–water partition coefficient (Wildman–Crippen LogP) is 4.34. The molecule has 1 atom stereocenters. The summed E-state index contributed by atoms with van der Waals surface area (Å²) >= 11 is 0.978. The van der Waals surface area contributed by atoms with Crippen molar-refractivity contribution in [2.24, 2.45) is 0 Å². The summed E-state index contributed by atoms with van der Waals surface area (Å²) in [4.78, 5) is 24.3. The first-order chi connectivity index (χ1) is 11.8. The Balaban J connectivity index is 1.86. The molecule has 1 fully saturated rings. The second-order valence-electron chi connectivity index (χ2n) is 6.08. The maximum atomic E-state index is 12.7. The molecule has 0 aliphatic heterocycles. The van der Waals surface area contributed by atoms with Crippen LogP contribution in [0, 0.1) is 0 Å². The van der Waals surface area contributed by atoms with Crippen LogP contribution in [0.15, 0.2) is 29.2 Å². The molecular weight excluding hydrogens is 353 g/mol. The molecule has 0 unspecified atom stereocenters. The fraction of sp³-hybridized carbons (Fsp3) is 0.529. The van der Waals surface area contributed by atoms with E-state index in [4.69, 9.17) is 0 Å². The molecule has 0 bridgehead atoms. The molecule has 3 amide bonds. The molecule has 138 valence electrons. The minimum atomic E-state index is -4.43. The largest absolute Gasteiger partial charge is 0.416 e. The smallest absolute Gasteiger partial charge is 0.335 e. The lowest BCUT2D eigenvalue weighted by Gasteiger charge is -2.23. The number of nitrogens with one attached hydrogen (secondary N) is 2. The highest BCUT2D eigenvalue weighted by atomic mass is 32.2. The summed E-state index contributed by atoms with van der Waals surface area (Å²) in [5.41, 5.74) is -0.764. The molecule has 2 rings (SSSR count). The minimum absolute atomic E-state index is 0.0768. The first-order valence-corrected chi connectivity index (χ1v) is 9.09. The van der Waals surface area contributed by atoms with Gasteiger partial charge in [-0.15, -0.1) is 11.8 Å². The number of halogens is 3. The molecule has 0 spiro atoms. The maximum absolute atomic E-state index is 12.7. The third-order valence-electron chi connectivity index (χ3n) is 4.02. The lowest BCUT2D eigenvalue weighted by atomic mass is 9.96. The molecule has 1 aromatic carbocycles. The molecule has 0 aromatic heterocycles. The Morgan fingerprint density at radius 2 is 1.88 bits per heavy atom. The number of imide groups is 1. The molecule has 1 aromatic rings. The van der Waals surface area contributed by atoms with Gasteiger partial charge in [0.25, 0.3) is 0 Å². The van der Waals surface area contributed by atoms with Crippen LogP contribution in [0.5, 0.6) is 0 Å². The van der Waals surface area contributed by atoms with Crippen LogP contribution >= 0.6 is 11.8 Å². The fourth-order valence-electron chi connectivity index (χ4n) is 2.69. The number of amides is 3. The molecule has 25 heavy (non-hydrogen) atoms. The van der Waals surface area contributed by atoms with E-state index in [-0.39, 0.29) is 6.04 Å². The van der Waals surface area contributed by atoms with Gasteiger partial charge in [0.05, 0.1) is 10.8 Å². The third kappa shape index (κ3) is 6.26. The average molecular weight is 374 g/mol. The lowest BCUT2D eigenvalue weighted by molar-refractivity contribution is -0.137. The van der Waals surface area contributed by atoms with Crippen molar-refractivity contribution in [3.05, 3.63) is 29.8 Å². The highest BCUT2D eigenvalue weighted by Gasteiger charge is 2.30. The number of benzene rings is 1. The minimum Gasteiger partial charge on any atom is -0.335 e. The molecular formula is C17H21F3N2O2S. The van der Waals surface area contributed by atoms with Gasteiger partial charge in [0.2, 0.25) is 5.91 Å². The first-order valence-electron chi connectivity index (χ1n) is 8.21. The number of carbonyl (C=O) groups is 2. The molecule has 2 N–H and O–H groups in total. The number of hydrogen-bond acceptors (Lipinski definition) is 3. The van der Waals surface area contributed by atoms with Crippen LogP contribution in [0.1, 0.15) is 44.6 Å². The topological polar surface area (TPSA) is 58.2 Å². The van der Waals surface area contributed by atoms with E-state index in [9.17, 15) is 22.8 Å². The lowest BCUT2D eigenvalue weighted by Crippen LogP contribution is -2.47. The summed E-state index contributed by atoms with van der Waals surface area (Å²) in [6.45, 7) is 1.55. The maximum Gasteiger partial charge on any atom is 0.416 e. The van der Waals surface area contributed by atoms with Gasteiger partial charge in [-0.3, -0.25) is 10.1 Å². The Hall–Kier alpha value is -1.70. The first kappa shape index (κ1) is 19.6. The van der Waals surface area contributed by atoms with Crippen molar-refractivity contribution in [1.82, 2.24) is 10.6 Å². The average Bonchev–Trinajstić information content (AvgIpc) is 2.55. The molecule has 1 aliphatic rings. The van der Waals surface area contributed by atoms with Crippen LogP contribution < -0.4 is 10.6 Å². The van der Waals surface area contributed by atoms with E-state index in [2.05, 4.69) is 10.6 Å². The number of hydrogen-bond donors (Lipinski definition) is 2. The van der Waals surface area contributed by atoms with Gasteiger partial charge in [-0.25, -0.2) is 4.79 Å². The summed E-state index contributed by atoms with van der Waals surface area (Å²) in [6.07, 6.45) is 0.638. The van der Waals surface area contributed by atoms with Crippen molar-refractivity contribution in [2.45, 2.75) is 61.4 Å². The summed E-state index contributed by atoms with van der Waals surface area (Å²) < 4.78 is 38.2. The Kier molecular flexibility index (Phi) is 6.75. The monoisotopic (exact) mass is 374 g/mol. The van der Waals surface area contributed by atoms with E-state index >= 15 is 0 Å². The number of rotatable bonds is 4. The van der Waals surface area contributed by atoms with Crippen molar-refractivity contribution >= 4 is 23.7 Å². The summed E-state index contributed by atoms with van der Waals surface area (Å²) in [7, 11) is 0. The van der Waals surface area contributed by atoms with Crippen molar-refractivity contribution < 1.29 is 22.8 Å². The van der Waals surface area contributed by atoms with Crippen molar-refractivity contribution in [3.8, 4) is 0 Å².